The molecule has 1 aromatic heterocycles. The Kier molecular flexibility index (Phi) is 6.78. The first-order valence-electron chi connectivity index (χ1n) is 18.1. The van der Waals surface area contributed by atoms with Crippen LogP contribution in [0.15, 0.2) is 164 Å². The van der Waals surface area contributed by atoms with Gasteiger partial charge in [-0.15, -0.1) is 0 Å². The second-order valence-corrected chi connectivity index (χ2v) is 14.6. The Morgan fingerprint density at radius 1 is 0.385 bits per heavy atom. The highest BCUT2D eigenvalue weighted by molar-refractivity contribution is 6.22. The molecule has 1 heterocycles. The zero-order valence-electron chi connectivity index (χ0n) is 29.5. The summed E-state index contributed by atoms with van der Waals surface area (Å²) in [6, 6.07) is 59.3. The number of rotatable bonds is 4. The van der Waals surface area contributed by atoms with Gasteiger partial charge in [-0.05, 0) is 91.2 Å². The molecule has 0 saturated carbocycles. The van der Waals surface area contributed by atoms with E-state index in [2.05, 4.69) is 172 Å². The highest BCUT2D eigenvalue weighted by Gasteiger charge is 2.35. The van der Waals surface area contributed by atoms with Crippen LogP contribution in [0.2, 0.25) is 0 Å². The summed E-state index contributed by atoms with van der Waals surface area (Å²) in [6.45, 7) is 6.89. The van der Waals surface area contributed by atoms with Crippen molar-refractivity contribution in [3.05, 3.63) is 180 Å². The van der Waals surface area contributed by atoms with Gasteiger partial charge in [0.05, 0.1) is 22.4 Å². The Bertz CT molecular complexity index is 2870. The predicted octanol–water partition coefficient (Wildman–Crippen LogP) is 13.2. The van der Waals surface area contributed by atoms with Gasteiger partial charge >= 0.3 is 0 Å². The minimum absolute atomic E-state index is 0.0315. The summed E-state index contributed by atoms with van der Waals surface area (Å²) in [4.78, 5) is 10.6. The molecule has 1 aliphatic carbocycles. The van der Waals surface area contributed by atoms with Gasteiger partial charge in [0.25, 0.3) is 0 Å². The molecule has 10 rings (SSSR count). The van der Waals surface area contributed by atoms with Crippen LogP contribution in [0.1, 0.15) is 30.5 Å². The summed E-state index contributed by atoms with van der Waals surface area (Å²) < 4.78 is 0. The van der Waals surface area contributed by atoms with Crippen molar-refractivity contribution < 1.29 is 0 Å². The standard InChI is InChI=1S/C50H36N2/c1-31-22-25-39-41(28-31)47(34-23-26-43-40(29-34)36-18-12-13-21-42(36)50(43,2)3)38-20-11-10-19-37(38)46(39)35-24-27-44-45(30-35)52-49(33-16-8-5-9-17-33)48(51-44)32-14-6-4-7-15-32/h4-30H,1-3H3. The van der Waals surface area contributed by atoms with Crippen LogP contribution < -0.4 is 0 Å². The Morgan fingerprint density at radius 3 is 1.63 bits per heavy atom. The lowest BCUT2D eigenvalue weighted by Crippen LogP contribution is -2.14. The van der Waals surface area contributed by atoms with Crippen LogP contribution in [0.3, 0.4) is 0 Å². The molecule has 0 saturated heterocycles. The number of benzene rings is 8. The first-order valence-corrected chi connectivity index (χ1v) is 18.1. The second-order valence-electron chi connectivity index (χ2n) is 14.6. The van der Waals surface area contributed by atoms with E-state index in [4.69, 9.17) is 9.97 Å². The fourth-order valence-corrected chi connectivity index (χ4v) is 8.59. The molecular formula is C50H36N2. The van der Waals surface area contributed by atoms with Crippen molar-refractivity contribution in [2.45, 2.75) is 26.2 Å². The molecule has 0 spiro atoms. The van der Waals surface area contributed by atoms with Gasteiger partial charge in [0.15, 0.2) is 0 Å². The van der Waals surface area contributed by atoms with Crippen molar-refractivity contribution in [1.29, 1.82) is 0 Å². The molecule has 0 unspecified atom stereocenters. The summed E-state index contributed by atoms with van der Waals surface area (Å²) in [6.07, 6.45) is 0. The molecule has 0 aliphatic heterocycles. The number of hydrogen-bond acceptors (Lipinski definition) is 2. The maximum atomic E-state index is 5.35. The molecule has 2 nitrogen and oxygen atoms in total. The Morgan fingerprint density at radius 2 is 0.923 bits per heavy atom. The molecule has 52 heavy (non-hydrogen) atoms. The molecule has 0 N–H and O–H groups in total. The van der Waals surface area contributed by atoms with E-state index < -0.39 is 0 Å². The van der Waals surface area contributed by atoms with Crippen LogP contribution in [0.4, 0.5) is 0 Å². The van der Waals surface area contributed by atoms with Crippen molar-refractivity contribution >= 4 is 32.6 Å². The average molecular weight is 665 g/mol. The predicted molar refractivity (Wildman–Crippen MR) is 219 cm³/mol. The monoisotopic (exact) mass is 664 g/mol. The van der Waals surface area contributed by atoms with E-state index in [1.165, 1.54) is 66.1 Å². The summed E-state index contributed by atoms with van der Waals surface area (Å²) in [5.41, 5.74) is 17.2. The van der Waals surface area contributed by atoms with Gasteiger partial charge in [0.2, 0.25) is 0 Å². The summed E-state index contributed by atoms with van der Waals surface area (Å²) in [7, 11) is 0. The summed E-state index contributed by atoms with van der Waals surface area (Å²) in [5, 5.41) is 4.97. The third kappa shape index (κ3) is 4.64. The van der Waals surface area contributed by atoms with E-state index in [9.17, 15) is 0 Å². The van der Waals surface area contributed by atoms with Gasteiger partial charge in [-0.3, -0.25) is 0 Å². The fraction of sp³-hybridized carbons (Fsp3) is 0.0800. The van der Waals surface area contributed by atoms with Crippen LogP contribution in [0.25, 0.3) is 88.5 Å². The molecule has 1 aliphatic rings. The van der Waals surface area contributed by atoms with E-state index in [0.717, 1.165) is 39.1 Å². The van der Waals surface area contributed by atoms with Gasteiger partial charge in [0.1, 0.15) is 0 Å². The Balaban J connectivity index is 1.22. The third-order valence-electron chi connectivity index (χ3n) is 11.1. The van der Waals surface area contributed by atoms with E-state index >= 15 is 0 Å². The number of aromatic nitrogens is 2. The Labute approximate surface area is 304 Å². The van der Waals surface area contributed by atoms with Crippen molar-refractivity contribution in [2.75, 3.05) is 0 Å². The van der Waals surface area contributed by atoms with Crippen molar-refractivity contribution in [2.24, 2.45) is 0 Å². The van der Waals surface area contributed by atoms with Crippen LogP contribution in [0.5, 0.6) is 0 Å². The number of fused-ring (bicyclic) bond motifs is 6. The minimum Gasteiger partial charge on any atom is -0.244 e. The molecule has 246 valence electrons. The molecule has 0 fully saturated rings. The molecule has 0 radical (unpaired) electrons. The fourth-order valence-electron chi connectivity index (χ4n) is 8.59. The summed E-state index contributed by atoms with van der Waals surface area (Å²) in [5.74, 6) is 0. The molecule has 0 atom stereocenters. The van der Waals surface area contributed by atoms with Gasteiger partial charge in [-0.1, -0.05) is 165 Å². The first kappa shape index (κ1) is 30.4. The SMILES string of the molecule is Cc1ccc2c(-c3ccc4nc(-c5ccccc5)c(-c5ccccc5)nc4c3)c3ccccc3c(-c3ccc4c(c3)-c3ccccc3C4(C)C)c2c1. The zero-order chi connectivity index (χ0) is 35.0. The molecule has 8 aromatic carbocycles. The van der Waals surface area contributed by atoms with E-state index in [1.54, 1.807) is 0 Å². The number of aryl methyl sites for hydroxylation is 1. The average Bonchev–Trinajstić information content (AvgIpc) is 3.42. The number of hydrogen-bond donors (Lipinski definition) is 0. The molecule has 9 aromatic rings. The first-order chi connectivity index (χ1) is 25.5. The summed E-state index contributed by atoms with van der Waals surface area (Å²) >= 11 is 0. The van der Waals surface area contributed by atoms with Gasteiger partial charge in [-0.25, -0.2) is 9.97 Å². The maximum Gasteiger partial charge on any atom is 0.0973 e. The molecular weight excluding hydrogens is 629 g/mol. The van der Waals surface area contributed by atoms with E-state index in [0.29, 0.717) is 0 Å². The lowest BCUT2D eigenvalue weighted by atomic mass is 9.81. The second kappa shape index (κ2) is 11.6. The van der Waals surface area contributed by atoms with Crippen molar-refractivity contribution in [1.82, 2.24) is 9.97 Å². The van der Waals surface area contributed by atoms with E-state index in [1.807, 2.05) is 12.1 Å². The number of nitrogens with zero attached hydrogens (tertiary/aromatic N) is 2. The lowest BCUT2D eigenvalue weighted by Gasteiger charge is -2.22. The van der Waals surface area contributed by atoms with Crippen molar-refractivity contribution in [3.63, 3.8) is 0 Å². The van der Waals surface area contributed by atoms with Gasteiger partial charge < -0.3 is 0 Å². The molecule has 0 bridgehead atoms. The molecule has 0 amide bonds. The van der Waals surface area contributed by atoms with Crippen molar-refractivity contribution in [3.8, 4) is 55.9 Å². The maximum absolute atomic E-state index is 5.35. The molecule has 2 heteroatoms. The highest BCUT2D eigenvalue weighted by Crippen LogP contribution is 2.51. The Hall–Kier alpha value is -6.38. The quantitative estimate of drug-likeness (QED) is 0.175. The van der Waals surface area contributed by atoms with Gasteiger partial charge in [0, 0.05) is 16.5 Å². The van der Waals surface area contributed by atoms with Crippen LogP contribution >= 0.6 is 0 Å². The topological polar surface area (TPSA) is 25.8 Å². The highest BCUT2D eigenvalue weighted by atomic mass is 14.8. The zero-order valence-corrected chi connectivity index (χ0v) is 29.5. The smallest absolute Gasteiger partial charge is 0.0973 e. The third-order valence-corrected chi connectivity index (χ3v) is 11.1. The van der Waals surface area contributed by atoms with Crippen LogP contribution in [-0.4, -0.2) is 9.97 Å². The van der Waals surface area contributed by atoms with Gasteiger partial charge in [-0.2, -0.15) is 0 Å². The lowest BCUT2D eigenvalue weighted by molar-refractivity contribution is 0.660. The van der Waals surface area contributed by atoms with Crippen LogP contribution in [0, 0.1) is 6.92 Å². The van der Waals surface area contributed by atoms with E-state index in [-0.39, 0.29) is 5.41 Å². The largest absolute Gasteiger partial charge is 0.244 e. The normalized spacial score (nSPS) is 13.1. The minimum atomic E-state index is -0.0315. The van der Waals surface area contributed by atoms with Crippen LogP contribution in [-0.2, 0) is 5.41 Å².